The zero-order chi connectivity index (χ0) is 27.9. The van der Waals surface area contributed by atoms with Crippen molar-refractivity contribution in [2.24, 2.45) is 0 Å². The molecule has 10 nitrogen and oxygen atoms in total. The van der Waals surface area contributed by atoms with Crippen LogP contribution < -0.4 is 14.4 Å². The van der Waals surface area contributed by atoms with E-state index in [0.29, 0.717) is 17.2 Å². The van der Waals surface area contributed by atoms with Crippen LogP contribution in [0.1, 0.15) is 33.7 Å². The maximum Gasteiger partial charge on any atom is 0.435 e. The maximum absolute atomic E-state index is 14.0. The molecular formula is C26H23F3N4O6. The summed E-state index contributed by atoms with van der Waals surface area (Å²) in [5.41, 5.74) is 0.0426. The zero-order valence-corrected chi connectivity index (χ0v) is 20.9. The van der Waals surface area contributed by atoms with Gasteiger partial charge in [0.25, 0.3) is 5.91 Å². The third-order valence-electron chi connectivity index (χ3n) is 6.59. The van der Waals surface area contributed by atoms with E-state index in [9.17, 15) is 27.6 Å². The van der Waals surface area contributed by atoms with Gasteiger partial charge >= 0.3 is 12.1 Å². The first-order chi connectivity index (χ1) is 18.6. The Morgan fingerprint density at radius 3 is 2.62 bits per heavy atom. The number of alkyl halides is 3. The van der Waals surface area contributed by atoms with Gasteiger partial charge in [0, 0.05) is 49.4 Å². The van der Waals surface area contributed by atoms with E-state index in [-0.39, 0.29) is 48.8 Å². The minimum Gasteiger partial charge on any atom is -0.469 e. The van der Waals surface area contributed by atoms with Crippen molar-refractivity contribution in [3.8, 4) is 17.2 Å². The Labute approximate surface area is 220 Å². The van der Waals surface area contributed by atoms with Crippen molar-refractivity contribution in [2.75, 3.05) is 32.4 Å². The minimum atomic E-state index is -4.78. The molecule has 2 aromatic carbocycles. The number of halogens is 3. The first-order valence-corrected chi connectivity index (χ1v) is 11.9. The molecule has 0 N–H and O–H groups in total. The molecular weight excluding hydrogens is 521 g/mol. The highest BCUT2D eigenvalue weighted by atomic mass is 19.4. The summed E-state index contributed by atoms with van der Waals surface area (Å²) in [5, 5.41) is 3.85. The fourth-order valence-corrected chi connectivity index (χ4v) is 4.56. The third-order valence-corrected chi connectivity index (χ3v) is 6.59. The largest absolute Gasteiger partial charge is 0.469 e. The van der Waals surface area contributed by atoms with Gasteiger partial charge in [-0.05, 0) is 30.3 Å². The Kier molecular flexibility index (Phi) is 6.66. The second-order valence-corrected chi connectivity index (χ2v) is 8.95. The van der Waals surface area contributed by atoms with Crippen molar-refractivity contribution in [1.29, 1.82) is 0 Å². The van der Waals surface area contributed by atoms with Crippen LogP contribution in [-0.2, 0) is 33.5 Å². The molecule has 39 heavy (non-hydrogen) atoms. The Balaban J connectivity index is 1.45. The van der Waals surface area contributed by atoms with Gasteiger partial charge in [-0.3, -0.25) is 14.4 Å². The zero-order valence-electron chi connectivity index (χ0n) is 20.9. The van der Waals surface area contributed by atoms with E-state index < -0.39 is 36.1 Å². The Morgan fingerprint density at radius 2 is 1.87 bits per heavy atom. The number of carbonyl (C=O) groups excluding carboxylic acids is 3. The second kappa shape index (κ2) is 9.97. The van der Waals surface area contributed by atoms with E-state index in [0.717, 1.165) is 11.8 Å². The lowest BCUT2D eigenvalue weighted by molar-refractivity contribution is -0.148. The summed E-state index contributed by atoms with van der Waals surface area (Å²) in [6.07, 6.45) is -5.28. The van der Waals surface area contributed by atoms with E-state index >= 15 is 0 Å². The van der Waals surface area contributed by atoms with Crippen LogP contribution in [0.5, 0.6) is 11.5 Å². The summed E-state index contributed by atoms with van der Waals surface area (Å²) < 4.78 is 58.2. The number of ether oxygens (including phenoxy) is 3. The summed E-state index contributed by atoms with van der Waals surface area (Å²) in [4.78, 5) is 39.8. The molecule has 3 heterocycles. The summed E-state index contributed by atoms with van der Waals surface area (Å²) in [7, 11) is 2.70. The average molecular weight is 544 g/mol. The smallest absolute Gasteiger partial charge is 0.435 e. The lowest BCUT2D eigenvalue weighted by Gasteiger charge is -2.28. The van der Waals surface area contributed by atoms with Crippen molar-refractivity contribution < 1.29 is 41.8 Å². The van der Waals surface area contributed by atoms with Crippen molar-refractivity contribution in [2.45, 2.75) is 25.6 Å². The van der Waals surface area contributed by atoms with Crippen LogP contribution in [-0.4, -0.2) is 60.0 Å². The Morgan fingerprint density at radius 1 is 1.10 bits per heavy atom. The number of benzene rings is 2. The number of methoxy groups -OCH3 is 1. The number of hydrogen-bond donors (Lipinski definition) is 0. The normalized spacial score (nSPS) is 14.1. The number of amides is 2. The number of anilines is 1. The molecule has 5 rings (SSSR count). The maximum atomic E-state index is 14.0. The van der Waals surface area contributed by atoms with Crippen molar-refractivity contribution in [3.63, 3.8) is 0 Å². The predicted octanol–water partition coefficient (Wildman–Crippen LogP) is 3.34. The lowest BCUT2D eigenvalue weighted by atomic mass is 10.0. The number of rotatable bonds is 5. The van der Waals surface area contributed by atoms with Gasteiger partial charge in [0.05, 0.1) is 18.5 Å². The molecule has 0 atom stereocenters. The standard InChI is InChI=1S/C26H23F3N4O6/c1-31(16-6-7-20-21(11-16)39-14-38-20)25(36)15-4-3-5-17(10-15)33-19-8-9-32(22(34)12-23(35)37-2)13-18(19)24(30-33)26(27,28)29/h3-7,10-11H,8-9,12-14H2,1-2H3. The first kappa shape index (κ1) is 26.1. The number of hydrogen-bond acceptors (Lipinski definition) is 7. The number of aromatic nitrogens is 2. The molecule has 13 heteroatoms. The van der Waals surface area contributed by atoms with Gasteiger partial charge in [-0.15, -0.1) is 0 Å². The number of esters is 1. The highest BCUT2D eigenvalue weighted by Gasteiger charge is 2.41. The highest BCUT2D eigenvalue weighted by Crippen LogP contribution is 2.37. The van der Waals surface area contributed by atoms with E-state index in [1.54, 1.807) is 43.4 Å². The molecule has 0 fully saturated rings. The van der Waals surface area contributed by atoms with Gasteiger partial charge < -0.3 is 24.0 Å². The predicted molar refractivity (Wildman–Crippen MR) is 130 cm³/mol. The fourth-order valence-electron chi connectivity index (χ4n) is 4.56. The molecule has 2 amide bonds. The van der Waals surface area contributed by atoms with Gasteiger partial charge in [0.1, 0.15) is 6.42 Å². The van der Waals surface area contributed by atoms with Crippen molar-refractivity contribution in [1.82, 2.24) is 14.7 Å². The van der Waals surface area contributed by atoms with Crippen molar-refractivity contribution >= 4 is 23.5 Å². The van der Waals surface area contributed by atoms with E-state index in [2.05, 4.69) is 9.84 Å². The van der Waals surface area contributed by atoms with Crippen LogP contribution in [0.2, 0.25) is 0 Å². The molecule has 3 aromatic rings. The molecule has 0 bridgehead atoms. The molecule has 0 spiro atoms. The average Bonchev–Trinajstić information content (AvgIpc) is 3.56. The number of nitrogens with zero attached hydrogens (tertiary/aromatic N) is 4. The summed E-state index contributed by atoms with van der Waals surface area (Å²) >= 11 is 0. The second-order valence-electron chi connectivity index (χ2n) is 8.95. The summed E-state index contributed by atoms with van der Waals surface area (Å²) in [6, 6.07) is 11.2. The molecule has 1 aromatic heterocycles. The molecule has 2 aliphatic heterocycles. The van der Waals surface area contributed by atoms with Gasteiger partial charge in [-0.1, -0.05) is 6.07 Å². The molecule has 0 unspecified atom stereocenters. The minimum absolute atomic E-state index is 0.0700. The Bertz CT molecular complexity index is 1470. The molecule has 0 radical (unpaired) electrons. The van der Waals surface area contributed by atoms with Crippen LogP contribution in [0.15, 0.2) is 42.5 Å². The Hall–Kier alpha value is -4.55. The van der Waals surface area contributed by atoms with Crippen LogP contribution in [0.3, 0.4) is 0 Å². The molecule has 0 saturated heterocycles. The third kappa shape index (κ3) is 4.99. The lowest BCUT2D eigenvalue weighted by Crippen LogP contribution is -2.38. The fraction of sp³-hybridized carbons (Fsp3) is 0.308. The van der Waals surface area contributed by atoms with Crippen molar-refractivity contribution in [3.05, 3.63) is 65.0 Å². The van der Waals surface area contributed by atoms with E-state index in [1.807, 2.05) is 0 Å². The molecule has 0 aliphatic carbocycles. The number of fused-ring (bicyclic) bond motifs is 2. The van der Waals surface area contributed by atoms with Gasteiger partial charge in [0.15, 0.2) is 17.2 Å². The molecule has 0 saturated carbocycles. The van der Waals surface area contributed by atoms with Crippen LogP contribution in [0.4, 0.5) is 18.9 Å². The number of carbonyl (C=O) groups is 3. The van der Waals surface area contributed by atoms with Crippen LogP contribution >= 0.6 is 0 Å². The van der Waals surface area contributed by atoms with Gasteiger partial charge in [-0.25, -0.2) is 4.68 Å². The van der Waals surface area contributed by atoms with Gasteiger partial charge in [-0.2, -0.15) is 18.3 Å². The molecule has 204 valence electrons. The SMILES string of the molecule is COC(=O)CC(=O)N1CCc2c(c(C(F)(F)F)nn2-c2cccc(C(=O)N(C)c3ccc4c(c3)OCO4)c2)C1. The van der Waals surface area contributed by atoms with Crippen LogP contribution in [0, 0.1) is 0 Å². The topological polar surface area (TPSA) is 103 Å². The van der Waals surface area contributed by atoms with Gasteiger partial charge in [0.2, 0.25) is 12.7 Å². The quantitative estimate of drug-likeness (QED) is 0.359. The molecule has 2 aliphatic rings. The first-order valence-electron chi connectivity index (χ1n) is 11.9. The van der Waals surface area contributed by atoms with E-state index in [1.165, 1.54) is 15.9 Å². The van der Waals surface area contributed by atoms with E-state index in [4.69, 9.17) is 9.47 Å². The monoisotopic (exact) mass is 544 g/mol. The summed E-state index contributed by atoms with van der Waals surface area (Å²) in [6.45, 7) is -0.174. The van der Waals surface area contributed by atoms with Crippen LogP contribution in [0.25, 0.3) is 5.69 Å². The highest BCUT2D eigenvalue weighted by molar-refractivity contribution is 6.06. The summed E-state index contributed by atoms with van der Waals surface area (Å²) in [5.74, 6) is -0.733.